The standard InChI is InChI=1S/C21H29FN4O2S/c1-4-26-20(15(3)28-17-11-9-16(22)10-12-17)24-25-21(26)29-13-19(27)23-18-8-6-5-7-14(18)2/h9-12,14-15,18H,4-8,13H2,1-3H3,(H,23,27). The molecule has 1 aliphatic rings. The Morgan fingerprint density at radius 3 is 2.72 bits per heavy atom. The van der Waals surface area contributed by atoms with Crippen LogP contribution in [0.4, 0.5) is 4.39 Å². The fraction of sp³-hybridized carbons (Fsp3) is 0.571. The highest BCUT2D eigenvalue weighted by Crippen LogP contribution is 2.26. The molecule has 3 atom stereocenters. The van der Waals surface area contributed by atoms with E-state index < -0.39 is 0 Å². The molecule has 0 spiro atoms. The first kappa shape index (κ1) is 21.6. The van der Waals surface area contributed by atoms with Crippen LogP contribution in [0, 0.1) is 11.7 Å². The van der Waals surface area contributed by atoms with Crippen LogP contribution in [0.5, 0.6) is 5.75 Å². The number of rotatable bonds is 8. The molecule has 1 amide bonds. The number of thioether (sulfide) groups is 1. The molecule has 8 heteroatoms. The molecule has 1 fully saturated rings. The van der Waals surface area contributed by atoms with Crippen LogP contribution < -0.4 is 10.1 Å². The molecule has 29 heavy (non-hydrogen) atoms. The Hall–Kier alpha value is -2.09. The lowest BCUT2D eigenvalue weighted by atomic mass is 9.86. The average Bonchev–Trinajstić information content (AvgIpc) is 3.13. The van der Waals surface area contributed by atoms with Crippen molar-refractivity contribution in [2.75, 3.05) is 5.75 Å². The van der Waals surface area contributed by atoms with Crippen molar-refractivity contribution >= 4 is 17.7 Å². The number of benzene rings is 1. The largest absolute Gasteiger partial charge is 0.483 e. The lowest BCUT2D eigenvalue weighted by molar-refractivity contribution is -0.119. The molecule has 158 valence electrons. The van der Waals surface area contributed by atoms with E-state index in [9.17, 15) is 9.18 Å². The van der Waals surface area contributed by atoms with Crippen molar-refractivity contribution in [3.63, 3.8) is 0 Å². The molecule has 2 aromatic rings. The minimum Gasteiger partial charge on any atom is -0.483 e. The van der Waals surface area contributed by atoms with Gasteiger partial charge in [-0.2, -0.15) is 0 Å². The molecule has 3 unspecified atom stereocenters. The van der Waals surface area contributed by atoms with Crippen molar-refractivity contribution in [3.05, 3.63) is 35.9 Å². The van der Waals surface area contributed by atoms with Gasteiger partial charge in [0.1, 0.15) is 11.6 Å². The second-order valence-electron chi connectivity index (χ2n) is 7.52. The Balaban J connectivity index is 1.58. The normalized spacial score (nSPS) is 20.3. The van der Waals surface area contributed by atoms with E-state index in [4.69, 9.17) is 4.74 Å². The zero-order valence-corrected chi connectivity index (χ0v) is 18.0. The van der Waals surface area contributed by atoms with Gasteiger partial charge in [-0.25, -0.2) is 4.39 Å². The molecule has 1 aliphatic carbocycles. The summed E-state index contributed by atoms with van der Waals surface area (Å²) >= 11 is 1.39. The molecule has 1 N–H and O–H groups in total. The Labute approximate surface area is 175 Å². The van der Waals surface area contributed by atoms with Crippen LogP contribution in [0.2, 0.25) is 0 Å². The number of aromatic nitrogens is 3. The Kier molecular flexibility index (Phi) is 7.52. The van der Waals surface area contributed by atoms with Gasteiger partial charge in [-0.15, -0.1) is 10.2 Å². The van der Waals surface area contributed by atoms with Crippen LogP contribution in [0.3, 0.4) is 0 Å². The number of amides is 1. The Bertz CT molecular complexity index is 812. The summed E-state index contributed by atoms with van der Waals surface area (Å²) in [6.45, 7) is 6.76. The first-order valence-electron chi connectivity index (χ1n) is 10.3. The monoisotopic (exact) mass is 420 g/mol. The summed E-state index contributed by atoms with van der Waals surface area (Å²) in [5.74, 6) is 1.83. The Morgan fingerprint density at radius 1 is 1.31 bits per heavy atom. The van der Waals surface area contributed by atoms with Crippen molar-refractivity contribution < 1.29 is 13.9 Å². The van der Waals surface area contributed by atoms with Gasteiger partial charge in [-0.1, -0.05) is 31.5 Å². The third kappa shape index (κ3) is 5.72. The van der Waals surface area contributed by atoms with Gasteiger partial charge < -0.3 is 14.6 Å². The lowest BCUT2D eigenvalue weighted by Gasteiger charge is -2.29. The number of nitrogens with zero attached hydrogens (tertiary/aromatic N) is 3. The van der Waals surface area contributed by atoms with Gasteiger partial charge in [-0.05, 0) is 56.9 Å². The number of nitrogens with one attached hydrogen (secondary N) is 1. The molecule has 0 aliphatic heterocycles. The van der Waals surface area contributed by atoms with Crippen molar-refractivity contribution in [3.8, 4) is 5.75 Å². The van der Waals surface area contributed by atoms with Crippen molar-refractivity contribution in [1.29, 1.82) is 0 Å². The van der Waals surface area contributed by atoms with Crippen molar-refractivity contribution in [1.82, 2.24) is 20.1 Å². The highest BCUT2D eigenvalue weighted by molar-refractivity contribution is 7.99. The number of hydrogen-bond acceptors (Lipinski definition) is 5. The number of ether oxygens (including phenoxy) is 1. The van der Waals surface area contributed by atoms with E-state index in [1.54, 1.807) is 12.1 Å². The molecule has 0 bridgehead atoms. The van der Waals surface area contributed by atoms with Crippen LogP contribution in [-0.4, -0.2) is 32.5 Å². The lowest BCUT2D eigenvalue weighted by Crippen LogP contribution is -2.41. The average molecular weight is 421 g/mol. The number of halogens is 1. The van der Waals surface area contributed by atoms with Gasteiger partial charge in [0.05, 0.1) is 5.75 Å². The minimum absolute atomic E-state index is 0.0385. The van der Waals surface area contributed by atoms with Gasteiger partial charge in [-0.3, -0.25) is 4.79 Å². The third-order valence-electron chi connectivity index (χ3n) is 5.34. The fourth-order valence-electron chi connectivity index (χ4n) is 3.68. The third-order valence-corrected chi connectivity index (χ3v) is 6.31. The number of hydrogen-bond donors (Lipinski definition) is 1. The molecular formula is C21H29FN4O2S. The summed E-state index contributed by atoms with van der Waals surface area (Å²) in [7, 11) is 0. The van der Waals surface area contributed by atoms with Crippen molar-refractivity contribution in [2.45, 2.75) is 70.3 Å². The summed E-state index contributed by atoms with van der Waals surface area (Å²) in [5.41, 5.74) is 0. The molecule has 0 saturated heterocycles. The maximum atomic E-state index is 13.1. The van der Waals surface area contributed by atoms with Crippen molar-refractivity contribution in [2.24, 2.45) is 5.92 Å². The Morgan fingerprint density at radius 2 is 2.03 bits per heavy atom. The van der Waals surface area contributed by atoms with Gasteiger partial charge >= 0.3 is 0 Å². The molecule has 1 aromatic carbocycles. The predicted molar refractivity (Wildman–Crippen MR) is 111 cm³/mol. The zero-order valence-electron chi connectivity index (χ0n) is 17.2. The molecule has 1 aromatic heterocycles. The summed E-state index contributed by atoms with van der Waals surface area (Å²) in [4.78, 5) is 12.4. The van der Waals surface area contributed by atoms with Gasteiger partial charge in [0.2, 0.25) is 5.91 Å². The summed E-state index contributed by atoms with van der Waals surface area (Å²) in [6.07, 6.45) is 4.33. The van der Waals surface area contributed by atoms with Crippen LogP contribution in [-0.2, 0) is 11.3 Å². The predicted octanol–water partition coefficient (Wildman–Crippen LogP) is 4.36. The second-order valence-corrected chi connectivity index (χ2v) is 8.47. The number of carbonyl (C=O) groups is 1. The molecule has 0 radical (unpaired) electrons. The number of carbonyl (C=O) groups excluding carboxylic acids is 1. The van der Waals surface area contributed by atoms with Crippen LogP contribution >= 0.6 is 11.8 Å². The highest BCUT2D eigenvalue weighted by Gasteiger charge is 2.24. The van der Waals surface area contributed by atoms with Gasteiger partial charge in [0.25, 0.3) is 0 Å². The van der Waals surface area contributed by atoms with E-state index in [1.807, 2.05) is 18.4 Å². The zero-order chi connectivity index (χ0) is 20.8. The maximum Gasteiger partial charge on any atom is 0.230 e. The molecule has 1 saturated carbocycles. The fourth-order valence-corrected chi connectivity index (χ4v) is 4.50. The van der Waals surface area contributed by atoms with E-state index in [1.165, 1.54) is 43.2 Å². The van der Waals surface area contributed by atoms with Crippen LogP contribution in [0.1, 0.15) is 58.4 Å². The van der Waals surface area contributed by atoms with Crippen LogP contribution in [0.25, 0.3) is 0 Å². The molecular weight excluding hydrogens is 391 g/mol. The molecule has 1 heterocycles. The highest BCUT2D eigenvalue weighted by atomic mass is 32.2. The smallest absolute Gasteiger partial charge is 0.230 e. The summed E-state index contributed by atoms with van der Waals surface area (Å²) in [5, 5.41) is 12.4. The first-order valence-corrected chi connectivity index (χ1v) is 11.2. The topological polar surface area (TPSA) is 69.0 Å². The molecule has 3 rings (SSSR count). The van der Waals surface area contributed by atoms with E-state index in [-0.39, 0.29) is 23.9 Å². The van der Waals surface area contributed by atoms with Gasteiger partial charge in [0.15, 0.2) is 17.1 Å². The van der Waals surface area contributed by atoms with E-state index >= 15 is 0 Å². The second kappa shape index (κ2) is 10.1. The quantitative estimate of drug-likeness (QED) is 0.643. The summed E-state index contributed by atoms with van der Waals surface area (Å²) in [6, 6.07) is 6.18. The SMILES string of the molecule is CCn1c(SCC(=O)NC2CCCCC2C)nnc1C(C)Oc1ccc(F)cc1. The maximum absolute atomic E-state index is 13.1. The van der Waals surface area contributed by atoms with E-state index in [2.05, 4.69) is 22.4 Å². The summed E-state index contributed by atoms with van der Waals surface area (Å²) < 4.78 is 20.9. The van der Waals surface area contributed by atoms with E-state index in [0.717, 1.165) is 6.42 Å². The molecule has 6 nitrogen and oxygen atoms in total. The van der Waals surface area contributed by atoms with Crippen LogP contribution in [0.15, 0.2) is 29.4 Å². The first-order chi connectivity index (χ1) is 14.0. The van der Waals surface area contributed by atoms with E-state index in [0.29, 0.717) is 34.9 Å². The minimum atomic E-state index is -0.348. The van der Waals surface area contributed by atoms with Gasteiger partial charge in [0, 0.05) is 12.6 Å².